The summed E-state index contributed by atoms with van der Waals surface area (Å²) >= 11 is 1.26. The maximum absolute atomic E-state index is 12.2. The molecule has 0 bridgehead atoms. The van der Waals surface area contributed by atoms with Crippen molar-refractivity contribution in [2.24, 2.45) is 0 Å². The Morgan fingerprint density at radius 2 is 1.74 bits per heavy atom. The minimum Gasteiger partial charge on any atom is -0.322 e. The molecule has 7 heteroatoms. The molecule has 0 atom stereocenters. The molecule has 118 valence electrons. The second-order valence-electron chi connectivity index (χ2n) is 4.54. The molecule has 0 fully saturated rings. The summed E-state index contributed by atoms with van der Waals surface area (Å²) in [5.74, 6) is -1.42. The van der Waals surface area contributed by atoms with Crippen LogP contribution < -0.4 is 16.2 Å². The van der Waals surface area contributed by atoms with Gasteiger partial charge in [-0.1, -0.05) is 36.4 Å². The van der Waals surface area contributed by atoms with Gasteiger partial charge < -0.3 is 5.32 Å². The summed E-state index contributed by atoms with van der Waals surface area (Å²) in [6.07, 6.45) is 1.52. The summed E-state index contributed by atoms with van der Waals surface area (Å²) in [7, 11) is 0. The highest BCUT2D eigenvalue weighted by Gasteiger charge is 2.13. The van der Waals surface area contributed by atoms with Crippen LogP contribution in [-0.4, -0.2) is 17.7 Å². The normalized spacial score (nSPS) is 10.7. The molecule has 1 heterocycles. The van der Waals surface area contributed by atoms with Crippen LogP contribution in [0.3, 0.4) is 0 Å². The zero-order valence-corrected chi connectivity index (χ0v) is 13.1. The monoisotopic (exact) mass is 329 g/mol. The van der Waals surface area contributed by atoms with Crippen molar-refractivity contribution in [1.29, 1.82) is 0 Å². The molecule has 3 N–H and O–H groups in total. The number of carbonyl (C=O) groups is 3. The van der Waals surface area contributed by atoms with E-state index in [0.29, 0.717) is 4.88 Å². The molecule has 1 aromatic carbocycles. The molecule has 0 aliphatic rings. The van der Waals surface area contributed by atoms with Gasteiger partial charge >= 0.3 is 0 Å². The van der Waals surface area contributed by atoms with Crippen molar-refractivity contribution in [2.75, 3.05) is 0 Å². The zero-order valence-electron chi connectivity index (χ0n) is 12.3. The van der Waals surface area contributed by atoms with Crippen molar-refractivity contribution in [3.8, 4) is 0 Å². The molecule has 1 aromatic heterocycles. The lowest BCUT2D eigenvalue weighted by Crippen LogP contribution is -2.44. The molecule has 0 saturated carbocycles. The highest BCUT2D eigenvalue weighted by molar-refractivity contribution is 7.12. The van der Waals surface area contributed by atoms with E-state index in [1.807, 2.05) is 18.2 Å². The van der Waals surface area contributed by atoms with Crippen LogP contribution in [0.4, 0.5) is 0 Å². The number of hydrogen-bond donors (Lipinski definition) is 3. The Kier molecular flexibility index (Phi) is 5.65. The Hall–Kier alpha value is -2.93. The number of thiophene rings is 1. The first-order chi connectivity index (χ1) is 11.1. The standard InChI is InChI=1S/C16H15N3O3S/c1-11(20)17-13(10-12-6-3-2-4-7-12)15(21)18-19-16(22)14-8-5-9-23-14/h2-10H,1H3,(H,17,20)(H,18,21)(H,19,22)/b13-10-. The maximum atomic E-state index is 12.2. The Morgan fingerprint density at radius 1 is 1.00 bits per heavy atom. The highest BCUT2D eigenvalue weighted by Crippen LogP contribution is 2.07. The Bertz CT molecular complexity index is 724. The van der Waals surface area contributed by atoms with Gasteiger partial charge in [-0.25, -0.2) is 0 Å². The third kappa shape index (κ3) is 5.08. The van der Waals surface area contributed by atoms with Crippen molar-refractivity contribution in [3.05, 3.63) is 64.0 Å². The Balaban J connectivity index is 2.06. The Labute approximate surface area is 137 Å². The number of hydrogen-bond acceptors (Lipinski definition) is 4. The molecule has 0 unspecified atom stereocenters. The van der Waals surface area contributed by atoms with E-state index in [-0.39, 0.29) is 11.6 Å². The smallest absolute Gasteiger partial charge is 0.286 e. The van der Waals surface area contributed by atoms with Gasteiger partial charge in [0.2, 0.25) is 5.91 Å². The fourth-order valence-electron chi connectivity index (χ4n) is 1.71. The molecule has 0 saturated heterocycles. The third-order valence-electron chi connectivity index (χ3n) is 2.70. The zero-order chi connectivity index (χ0) is 16.7. The minimum atomic E-state index is -0.617. The average Bonchev–Trinajstić information content (AvgIpc) is 3.06. The number of carbonyl (C=O) groups excluding carboxylic acids is 3. The average molecular weight is 329 g/mol. The lowest BCUT2D eigenvalue weighted by molar-refractivity contribution is -0.122. The van der Waals surface area contributed by atoms with E-state index in [4.69, 9.17) is 0 Å². The van der Waals surface area contributed by atoms with Crippen LogP contribution in [0.5, 0.6) is 0 Å². The summed E-state index contributed by atoms with van der Waals surface area (Å²) < 4.78 is 0. The van der Waals surface area contributed by atoms with Crippen molar-refractivity contribution in [1.82, 2.24) is 16.2 Å². The quantitative estimate of drug-likeness (QED) is 0.589. The van der Waals surface area contributed by atoms with E-state index >= 15 is 0 Å². The molecular weight excluding hydrogens is 314 g/mol. The van der Waals surface area contributed by atoms with Crippen molar-refractivity contribution in [3.63, 3.8) is 0 Å². The summed E-state index contributed by atoms with van der Waals surface area (Å²) in [6, 6.07) is 12.4. The molecule has 0 radical (unpaired) electrons. The first kappa shape index (κ1) is 16.4. The topological polar surface area (TPSA) is 87.3 Å². The van der Waals surface area contributed by atoms with Gasteiger partial charge in [0.15, 0.2) is 0 Å². The lowest BCUT2D eigenvalue weighted by Gasteiger charge is -2.10. The predicted molar refractivity (Wildman–Crippen MR) is 88.2 cm³/mol. The van der Waals surface area contributed by atoms with Gasteiger partial charge in [0.05, 0.1) is 4.88 Å². The Morgan fingerprint density at radius 3 is 2.35 bits per heavy atom. The number of benzene rings is 1. The van der Waals surface area contributed by atoms with Crippen LogP contribution >= 0.6 is 11.3 Å². The second-order valence-corrected chi connectivity index (χ2v) is 5.48. The van der Waals surface area contributed by atoms with Crippen LogP contribution in [0, 0.1) is 0 Å². The predicted octanol–water partition coefficient (Wildman–Crippen LogP) is 1.69. The fraction of sp³-hybridized carbons (Fsp3) is 0.0625. The van der Waals surface area contributed by atoms with E-state index < -0.39 is 11.8 Å². The summed E-state index contributed by atoms with van der Waals surface area (Å²) in [5.41, 5.74) is 5.37. The third-order valence-corrected chi connectivity index (χ3v) is 3.57. The van der Waals surface area contributed by atoms with Gasteiger partial charge in [-0.2, -0.15) is 0 Å². The molecule has 6 nitrogen and oxygen atoms in total. The van der Waals surface area contributed by atoms with Crippen LogP contribution in [0.1, 0.15) is 22.2 Å². The molecule has 0 aliphatic carbocycles. The summed E-state index contributed by atoms with van der Waals surface area (Å²) in [5, 5.41) is 4.21. The van der Waals surface area contributed by atoms with Crippen molar-refractivity contribution in [2.45, 2.75) is 6.92 Å². The summed E-state index contributed by atoms with van der Waals surface area (Å²) in [4.78, 5) is 35.7. The van der Waals surface area contributed by atoms with Crippen molar-refractivity contribution < 1.29 is 14.4 Å². The van der Waals surface area contributed by atoms with Crippen LogP contribution in [-0.2, 0) is 9.59 Å². The number of hydrazine groups is 1. The largest absolute Gasteiger partial charge is 0.322 e. The van der Waals surface area contributed by atoms with E-state index in [9.17, 15) is 14.4 Å². The maximum Gasteiger partial charge on any atom is 0.286 e. The van der Waals surface area contributed by atoms with Gasteiger partial charge in [0, 0.05) is 6.92 Å². The van der Waals surface area contributed by atoms with Gasteiger partial charge in [-0.3, -0.25) is 25.2 Å². The van der Waals surface area contributed by atoms with Gasteiger partial charge in [-0.05, 0) is 23.1 Å². The molecule has 3 amide bonds. The summed E-state index contributed by atoms with van der Waals surface area (Å²) in [6.45, 7) is 1.30. The van der Waals surface area contributed by atoms with E-state index in [0.717, 1.165) is 5.56 Å². The van der Waals surface area contributed by atoms with E-state index in [1.165, 1.54) is 24.3 Å². The lowest BCUT2D eigenvalue weighted by atomic mass is 10.2. The first-order valence-electron chi connectivity index (χ1n) is 6.75. The molecule has 23 heavy (non-hydrogen) atoms. The highest BCUT2D eigenvalue weighted by atomic mass is 32.1. The SMILES string of the molecule is CC(=O)N/C(=C\c1ccccc1)C(=O)NNC(=O)c1cccs1. The van der Waals surface area contributed by atoms with E-state index in [1.54, 1.807) is 29.6 Å². The molecule has 0 spiro atoms. The van der Waals surface area contributed by atoms with Gasteiger partial charge in [0.1, 0.15) is 5.70 Å². The molecular formula is C16H15N3O3S. The van der Waals surface area contributed by atoms with Gasteiger partial charge in [-0.15, -0.1) is 11.3 Å². The number of rotatable bonds is 4. The molecule has 2 aromatic rings. The molecule has 2 rings (SSSR count). The van der Waals surface area contributed by atoms with Crippen LogP contribution in [0.25, 0.3) is 6.08 Å². The molecule has 0 aliphatic heterocycles. The first-order valence-corrected chi connectivity index (χ1v) is 7.63. The number of nitrogens with one attached hydrogen (secondary N) is 3. The van der Waals surface area contributed by atoms with Crippen LogP contribution in [0.2, 0.25) is 0 Å². The van der Waals surface area contributed by atoms with Crippen LogP contribution in [0.15, 0.2) is 53.5 Å². The van der Waals surface area contributed by atoms with E-state index in [2.05, 4.69) is 16.2 Å². The number of amides is 3. The fourth-order valence-corrected chi connectivity index (χ4v) is 2.33. The van der Waals surface area contributed by atoms with Gasteiger partial charge in [0.25, 0.3) is 11.8 Å². The second kappa shape index (κ2) is 7.90. The van der Waals surface area contributed by atoms with Crippen molar-refractivity contribution >= 4 is 35.1 Å². The minimum absolute atomic E-state index is 0.0372.